The molecule has 0 aliphatic rings. The minimum atomic E-state index is -0.226. The summed E-state index contributed by atoms with van der Waals surface area (Å²) in [5.74, 6) is 1.84. The summed E-state index contributed by atoms with van der Waals surface area (Å²) in [6, 6.07) is 27.6. The van der Waals surface area contributed by atoms with Gasteiger partial charge in [0.15, 0.2) is 22.9 Å². The largest absolute Gasteiger partial charge is 0.494 e. The number of hydrogen-bond acceptors (Lipinski definition) is 6. The molecule has 208 valence electrons. The van der Waals surface area contributed by atoms with Crippen molar-refractivity contribution < 1.29 is 23.4 Å². The quantitative estimate of drug-likeness (QED) is 0.111. The van der Waals surface area contributed by atoms with Crippen LogP contribution in [0.25, 0.3) is 22.7 Å². The van der Waals surface area contributed by atoms with Crippen molar-refractivity contribution in [1.29, 1.82) is 0 Å². The highest BCUT2D eigenvalue weighted by Gasteiger charge is 2.21. The highest BCUT2D eigenvalue weighted by molar-refractivity contribution is 6.32. The molecule has 4 aromatic carbocycles. The fourth-order valence-electron chi connectivity index (χ4n) is 4.23. The van der Waals surface area contributed by atoms with E-state index in [0.29, 0.717) is 64.3 Å². The van der Waals surface area contributed by atoms with Crippen molar-refractivity contribution in [3.05, 3.63) is 119 Å². The zero-order valence-corrected chi connectivity index (χ0v) is 23.7. The summed E-state index contributed by atoms with van der Waals surface area (Å²) in [6.45, 7) is 5.30. The van der Waals surface area contributed by atoms with Gasteiger partial charge in [-0.25, -0.2) is 4.98 Å². The molecule has 0 aliphatic heterocycles. The Hall–Kier alpha value is -4.55. The second kappa shape index (κ2) is 13.2. The molecule has 0 amide bonds. The van der Waals surface area contributed by atoms with E-state index in [9.17, 15) is 4.79 Å². The minimum Gasteiger partial charge on any atom is -0.494 e. The molecule has 0 spiro atoms. The zero-order valence-electron chi connectivity index (χ0n) is 22.9. The van der Waals surface area contributed by atoms with Gasteiger partial charge in [-0.3, -0.25) is 4.79 Å². The average molecular weight is 568 g/mol. The van der Waals surface area contributed by atoms with E-state index in [0.717, 1.165) is 17.5 Å². The van der Waals surface area contributed by atoms with Crippen LogP contribution in [0.4, 0.5) is 0 Å². The molecule has 41 heavy (non-hydrogen) atoms. The van der Waals surface area contributed by atoms with Crippen LogP contribution < -0.4 is 14.2 Å². The lowest BCUT2D eigenvalue weighted by Crippen LogP contribution is -2.04. The molecule has 1 heterocycles. The van der Waals surface area contributed by atoms with E-state index in [1.54, 1.807) is 30.3 Å². The Balaban J connectivity index is 1.50. The van der Waals surface area contributed by atoms with E-state index < -0.39 is 0 Å². The Morgan fingerprint density at radius 3 is 2.41 bits per heavy atom. The second-order valence-corrected chi connectivity index (χ2v) is 9.67. The Morgan fingerprint density at radius 2 is 1.66 bits per heavy atom. The molecule has 0 atom stereocenters. The smallest absolute Gasteiger partial charge is 0.231 e. The number of carbonyl (C=O) groups excluding carboxylic acids is 1. The molecule has 1 aromatic heterocycles. The van der Waals surface area contributed by atoms with Gasteiger partial charge in [0.05, 0.1) is 18.8 Å². The van der Waals surface area contributed by atoms with Crippen molar-refractivity contribution in [3.8, 4) is 17.2 Å². The molecule has 0 bridgehead atoms. The first-order valence-electron chi connectivity index (χ1n) is 13.5. The maximum atomic E-state index is 13.8. The van der Waals surface area contributed by atoms with E-state index in [4.69, 9.17) is 30.2 Å². The van der Waals surface area contributed by atoms with Gasteiger partial charge in [-0.05, 0) is 79.6 Å². The molecular formula is C34H30ClNO5. The molecule has 5 aromatic rings. The van der Waals surface area contributed by atoms with Crippen molar-refractivity contribution in [1.82, 2.24) is 4.98 Å². The van der Waals surface area contributed by atoms with Gasteiger partial charge in [0.25, 0.3) is 0 Å². The van der Waals surface area contributed by atoms with Crippen LogP contribution in [-0.4, -0.2) is 24.0 Å². The number of hydrogen-bond donors (Lipinski definition) is 0. The van der Waals surface area contributed by atoms with E-state index in [1.165, 1.54) is 0 Å². The van der Waals surface area contributed by atoms with Gasteiger partial charge >= 0.3 is 0 Å². The topological polar surface area (TPSA) is 70.8 Å². The first-order chi connectivity index (χ1) is 20.1. The summed E-state index contributed by atoms with van der Waals surface area (Å²) < 4.78 is 23.7. The van der Waals surface area contributed by atoms with E-state index >= 15 is 0 Å². The number of ether oxygens (including phenoxy) is 3. The number of rotatable bonds is 12. The van der Waals surface area contributed by atoms with Gasteiger partial charge < -0.3 is 18.6 Å². The van der Waals surface area contributed by atoms with Crippen molar-refractivity contribution in [2.24, 2.45) is 0 Å². The summed E-state index contributed by atoms with van der Waals surface area (Å²) in [5, 5.41) is 0.636. The predicted octanol–water partition coefficient (Wildman–Crippen LogP) is 8.67. The molecule has 5 rings (SSSR count). The molecule has 7 heteroatoms. The van der Waals surface area contributed by atoms with Crippen LogP contribution >= 0.6 is 11.6 Å². The van der Waals surface area contributed by atoms with Crippen LogP contribution in [-0.2, 0) is 6.61 Å². The minimum absolute atomic E-state index is 0.226. The standard InChI is InChI=1S/C34H30ClNO5/c1-3-19-39-26-16-14-24(15-17-26)33(37)27(34-36-29-11-7-8-12-30(29)41-34)20-23-13-18-31(32(21-23)38-4-2)40-22-25-9-5-6-10-28(25)35/h5-18,20-21H,3-4,19,22H2,1-2H3. The van der Waals surface area contributed by atoms with Crippen molar-refractivity contribution in [3.63, 3.8) is 0 Å². The summed E-state index contributed by atoms with van der Waals surface area (Å²) in [5.41, 5.74) is 3.68. The van der Waals surface area contributed by atoms with E-state index in [1.807, 2.05) is 80.6 Å². The molecule has 0 aliphatic carbocycles. The summed E-state index contributed by atoms with van der Waals surface area (Å²) in [4.78, 5) is 18.5. The van der Waals surface area contributed by atoms with Crippen LogP contribution in [0.3, 0.4) is 0 Å². The van der Waals surface area contributed by atoms with Crippen LogP contribution in [0.2, 0.25) is 5.02 Å². The highest BCUT2D eigenvalue weighted by atomic mass is 35.5. The van der Waals surface area contributed by atoms with Gasteiger partial charge in [-0.1, -0.05) is 54.9 Å². The Labute approximate surface area is 244 Å². The monoisotopic (exact) mass is 567 g/mol. The average Bonchev–Trinajstić information content (AvgIpc) is 3.43. The molecular weight excluding hydrogens is 538 g/mol. The number of ketones is 1. The fourth-order valence-corrected chi connectivity index (χ4v) is 4.42. The predicted molar refractivity (Wildman–Crippen MR) is 162 cm³/mol. The van der Waals surface area contributed by atoms with Gasteiger partial charge in [-0.2, -0.15) is 0 Å². The molecule has 0 saturated carbocycles. The summed E-state index contributed by atoms with van der Waals surface area (Å²) in [7, 11) is 0. The van der Waals surface area contributed by atoms with Crippen LogP contribution in [0.1, 0.15) is 47.6 Å². The Kier molecular flexibility index (Phi) is 9.02. The summed E-state index contributed by atoms with van der Waals surface area (Å²) in [6.07, 6.45) is 2.66. The number of oxazole rings is 1. The molecule has 0 radical (unpaired) electrons. The van der Waals surface area contributed by atoms with Gasteiger partial charge in [-0.15, -0.1) is 0 Å². The maximum Gasteiger partial charge on any atom is 0.231 e. The van der Waals surface area contributed by atoms with Crippen LogP contribution in [0.15, 0.2) is 95.4 Å². The lowest BCUT2D eigenvalue weighted by atomic mass is 10.0. The number of para-hydroxylation sites is 2. The zero-order chi connectivity index (χ0) is 28.6. The lowest BCUT2D eigenvalue weighted by molar-refractivity contribution is 0.105. The SMILES string of the molecule is CCCOc1ccc(C(=O)C(=Cc2ccc(OCc3ccccc3Cl)c(OCC)c2)c2nc3ccccc3o2)cc1. The van der Waals surface area contributed by atoms with E-state index in [-0.39, 0.29) is 11.7 Å². The Bertz CT molecular complexity index is 1640. The first-order valence-corrected chi connectivity index (χ1v) is 13.9. The number of allylic oxidation sites excluding steroid dienone is 1. The molecule has 0 fully saturated rings. The van der Waals surface area contributed by atoms with Gasteiger partial charge in [0, 0.05) is 16.1 Å². The van der Waals surface area contributed by atoms with Crippen molar-refractivity contribution >= 4 is 40.1 Å². The lowest BCUT2D eigenvalue weighted by Gasteiger charge is -2.13. The first kappa shape index (κ1) is 28.0. The third-order valence-corrected chi connectivity index (χ3v) is 6.65. The van der Waals surface area contributed by atoms with Crippen molar-refractivity contribution in [2.45, 2.75) is 26.9 Å². The molecule has 6 nitrogen and oxygen atoms in total. The van der Waals surface area contributed by atoms with Gasteiger partial charge in [0.2, 0.25) is 5.89 Å². The Morgan fingerprint density at radius 1 is 0.878 bits per heavy atom. The second-order valence-electron chi connectivity index (χ2n) is 9.27. The number of benzene rings is 4. The number of Topliss-reactive ketones (excluding diaryl/α,β-unsaturated/α-hetero) is 1. The molecule has 0 unspecified atom stereocenters. The van der Waals surface area contributed by atoms with Crippen LogP contribution in [0.5, 0.6) is 17.2 Å². The van der Waals surface area contributed by atoms with Crippen LogP contribution in [0, 0.1) is 0 Å². The van der Waals surface area contributed by atoms with Crippen molar-refractivity contribution in [2.75, 3.05) is 13.2 Å². The maximum absolute atomic E-state index is 13.8. The number of fused-ring (bicyclic) bond motifs is 1. The number of nitrogens with zero attached hydrogens (tertiary/aromatic N) is 1. The molecule has 0 N–H and O–H groups in total. The number of aromatic nitrogens is 1. The number of halogens is 1. The van der Waals surface area contributed by atoms with E-state index in [2.05, 4.69) is 4.98 Å². The fraction of sp³-hybridized carbons (Fsp3) is 0.176. The van der Waals surface area contributed by atoms with Gasteiger partial charge in [0.1, 0.15) is 17.9 Å². The molecule has 0 saturated heterocycles. The number of carbonyl (C=O) groups is 1. The summed E-state index contributed by atoms with van der Waals surface area (Å²) >= 11 is 6.30. The third-order valence-electron chi connectivity index (χ3n) is 6.28. The highest BCUT2D eigenvalue weighted by Crippen LogP contribution is 2.33. The third kappa shape index (κ3) is 6.79. The normalized spacial score (nSPS) is 11.4.